The molecule has 1 amide bonds. The summed E-state index contributed by atoms with van der Waals surface area (Å²) in [5.41, 5.74) is 2.02. The lowest BCUT2D eigenvalue weighted by molar-refractivity contribution is -0.126. The van der Waals surface area contributed by atoms with Crippen LogP contribution in [-0.4, -0.2) is 30.7 Å². The van der Waals surface area contributed by atoms with Gasteiger partial charge in [-0.2, -0.15) is 4.31 Å². The van der Waals surface area contributed by atoms with E-state index in [1.165, 1.54) is 22.1 Å². The molecule has 0 unspecified atom stereocenters. The molecule has 1 N–H and O–H groups in total. The average molecular weight is 419 g/mol. The van der Waals surface area contributed by atoms with E-state index in [0.29, 0.717) is 12.3 Å². The van der Waals surface area contributed by atoms with Crippen molar-refractivity contribution in [3.63, 3.8) is 0 Å². The number of nitrogens with one attached hydrogen (secondary N) is 1. The first kappa shape index (κ1) is 19.6. The highest BCUT2D eigenvalue weighted by atomic mass is 32.2. The second-order valence-corrected chi connectivity index (χ2v) is 10.9. The van der Waals surface area contributed by atoms with Gasteiger partial charge in [-0.1, -0.05) is 50.1 Å². The van der Waals surface area contributed by atoms with Gasteiger partial charge in [-0.3, -0.25) is 4.79 Å². The maximum Gasteiger partial charge on any atom is 0.253 e. The Morgan fingerprint density at radius 1 is 1.11 bits per heavy atom. The van der Waals surface area contributed by atoms with Crippen LogP contribution in [0, 0.1) is 5.92 Å². The summed E-state index contributed by atoms with van der Waals surface area (Å²) in [5.74, 6) is 0.254. The van der Waals surface area contributed by atoms with E-state index in [4.69, 9.17) is 0 Å². The van der Waals surface area contributed by atoms with Crippen molar-refractivity contribution in [1.29, 1.82) is 0 Å². The third-order valence-electron chi connectivity index (χ3n) is 6.01. The Labute approximate surface area is 170 Å². The normalized spacial score (nSPS) is 25.8. The van der Waals surface area contributed by atoms with Crippen LogP contribution in [0.1, 0.15) is 43.7 Å². The second-order valence-electron chi connectivity index (χ2n) is 7.85. The van der Waals surface area contributed by atoms with Crippen LogP contribution in [0.15, 0.2) is 46.0 Å². The van der Waals surface area contributed by atoms with Crippen LogP contribution in [-0.2, 0) is 27.8 Å². The lowest BCUT2D eigenvalue weighted by atomic mass is 9.85. The average Bonchev–Trinajstić information content (AvgIpc) is 3.24. The Balaban J connectivity index is 1.65. The highest BCUT2D eigenvalue weighted by molar-refractivity contribution is 7.91. The summed E-state index contributed by atoms with van der Waals surface area (Å²) in [5, 5.41) is 4.93. The molecule has 2 aliphatic rings. The van der Waals surface area contributed by atoms with Crippen LogP contribution in [0.4, 0.5) is 0 Å². The Morgan fingerprint density at radius 2 is 1.86 bits per heavy atom. The molecule has 1 saturated carbocycles. The molecule has 5 nitrogen and oxygen atoms in total. The topological polar surface area (TPSA) is 66.5 Å². The van der Waals surface area contributed by atoms with Crippen molar-refractivity contribution in [1.82, 2.24) is 9.62 Å². The predicted molar refractivity (Wildman–Crippen MR) is 111 cm³/mol. The number of amides is 1. The van der Waals surface area contributed by atoms with Crippen molar-refractivity contribution in [2.24, 2.45) is 5.92 Å². The van der Waals surface area contributed by atoms with Gasteiger partial charge < -0.3 is 5.32 Å². The number of rotatable bonds is 4. The van der Waals surface area contributed by atoms with E-state index in [0.717, 1.165) is 30.4 Å². The van der Waals surface area contributed by atoms with Crippen molar-refractivity contribution < 1.29 is 13.2 Å². The van der Waals surface area contributed by atoms with E-state index < -0.39 is 16.1 Å². The van der Waals surface area contributed by atoms with Gasteiger partial charge >= 0.3 is 0 Å². The monoisotopic (exact) mass is 418 g/mol. The maximum atomic E-state index is 13.3. The van der Waals surface area contributed by atoms with E-state index >= 15 is 0 Å². The molecule has 0 saturated heterocycles. The van der Waals surface area contributed by atoms with Gasteiger partial charge in [0.05, 0.1) is 0 Å². The van der Waals surface area contributed by atoms with E-state index in [2.05, 4.69) is 12.2 Å². The molecule has 28 heavy (non-hydrogen) atoms. The molecule has 150 valence electrons. The van der Waals surface area contributed by atoms with Crippen LogP contribution in [0.2, 0.25) is 0 Å². The smallest absolute Gasteiger partial charge is 0.253 e. The summed E-state index contributed by atoms with van der Waals surface area (Å²) in [7, 11) is -3.72. The van der Waals surface area contributed by atoms with E-state index in [1.807, 2.05) is 24.3 Å². The molecule has 1 aromatic heterocycles. The van der Waals surface area contributed by atoms with Crippen LogP contribution >= 0.6 is 11.3 Å². The highest BCUT2D eigenvalue weighted by Gasteiger charge is 2.40. The van der Waals surface area contributed by atoms with Crippen molar-refractivity contribution in [3.8, 4) is 0 Å². The number of carbonyl (C=O) groups excluding carboxylic acids is 1. The minimum atomic E-state index is -3.72. The van der Waals surface area contributed by atoms with Gasteiger partial charge in [0.1, 0.15) is 10.3 Å². The number of thiophene rings is 1. The van der Waals surface area contributed by atoms with Gasteiger partial charge in [0.15, 0.2) is 0 Å². The fourth-order valence-corrected chi connectivity index (χ4v) is 7.00. The molecule has 0 radical (unpaired) electrons. The molecule has 0 bridgehead atoms. The molecule has 0 spiro atoms. The van der Waals surface area contributed by atoms with Crippen LogP contribution in [0.3, 0.4) is 0 Å². The molecule has 2 heterocycles. The molecule has 1 aliphatic heterocycles. The number of carbonyl (C=O) groups is 1. The van der Waals surface area contributed by atoms with Crippen LogP contribution in [0.25, 0.3) is 0 Å². The van der Waals surface area contributed by atoms with Gasteiger partial charge in [-0.15, -0.1) is 11.3 Å². The minimum Gasteiger partial charge on any atom is -0.352 e. The summed E-state index contributed by atoms with van der Waals surface area (Å²) >= 11 is 1.19. The van der Waals surface area contributed by atoms with Gasteiger partial charge in [0.2, 0.25) is 5.91 Å². The van der Waals surface area contributed by atoms with Gasteiger partial charge in [-0.25, -0.2) is 8.42 Å². The van der Waals surface area contributed by atoms with Crippen molar-refractivity contribution in [3.05, 3.63) is 52.9 Å². The number of nitrogens with zero attached hydrogens (tertiary/aromatic N) is 1. The quantitative estimate of drug-likeness (QED) is 0.826. The third kappa shape index (κ3) is 3.75. The standard InChI is InChI=1S/C21H26N2O3S2/c1-15-7-2-5-10-18(15)22-21(24)19-13-16-8-3-4-9-17(16)14-23(19)28(25,26)20-11-6-12-27-20/h3-4,6,8-9,11-12,15,18-19H,2,5,7,10,13-14H2,1H3,(H,22,24)/t15-,18-,19-/m0/s1. The van der Waals surface area contributed by atoms with Gasteiger partial charge in [0, 0.05) is 12.6 Å². The van der Waals surface area contributed by atoms with Crippen molar-refractivity contribution in [2.45, 2.75) is 61.9 Å². The summed E-state index contributed by atoms with van der Waals surface area (Å²) in [6, 6.07) is 10.6. The predicted octanol–water partition coefficient (Wildman–Crippen LogP) is 3.56. The molecule has 4 rings (SSSR count). The largest absolute Gasteiger partial charge is 0.352 e. The Morgan fingerprint density at radius 3 is 2.57 bits per heavy atom. The highest BCUT2D eigenvalue weighted by Crippen LogP contribution is 2.31. The SMILES string of the molecule is C[C@H]1CCCC[C@@H]1NC(=O)[C@@H]1Cc2ccccc2CN1S(=O)(=O)c1cccs1. The number of hydrogen-bond acceptors (Lipinski definition) is 4. The zero-order valence-corrected chi connectivity index (χ0v) is 17.6. The summed E-state index contributed by atoms with van der Waals surface area (Å²) < 4.78 is 28.3. The Hall–Kier alpha value is -1.70. The fraction of sp³-hybridized carbons (Fsp3) is 0.476. The lowest BCUT2D eigenvalue weighted by Crippen LogP contribution is -2.55. The van der Waals surface area contributed by atoms with E-state index in [9.17, 15) is 13.2 Å². The summed E-state index contributed by atoms with van der Waals surface area (Å²) in [4.78, 5) is 13.2. The summed E-state index contributed by atoms with van der Waals surface area (Å²) in [6.07, 6.45) is 4.79. The number of benzene rings is 1. The number of hydrogen-bond donors (Lipinski definition) is 1. The molecule has 1 fully saturated rings. The van der Waals surface area contributed by atoms with Crippen molar-refractivity contribution in [2.75, 3.05) is 0 Å². The van der Waals surface area contributed by atoms with Crippen molar-refractivity contribution >= 4 is 27.3 Å². The first-order valence-electron chi connectivity index (χ1n) is 9.89. The summed E-state index contributed by atoms with van der Waals surface area (Å²) in [6.45, 7) is 2.40. The molecule has 1 aromatic carbocycles. The van der Waals surface area contributed by atoms with Crippen LogP contribution < -0.4 is 5.32 Å². The van der Waals surface area contributed by atoms with Gasteiger partial charge in [-0.05, 0) is 47.8 Å². The zero-order valence-electron chi connectivity index (χ0n) is 16.0. The van der Waals surface area contributed by atoms with E-state index in [-0.39, 0.29) is 22.7 Å². The van der Waals surface area contributed by atoms with Gasteiger partial charge in [0.25, 0.3) is 10.0 Å². The molecule has 2 aromatic rings. The molecular weight excluding hydrogens is 392 g/mol. The Bertz CT molecular complexity index is 940. The fourth-order valence-electron chi connectivity index (χ4n) is 4.31. The lowest BCUT2D eigenvalue weighted by Gasteiger charge is -2.37. The number of fused-ring (bicyclic) bond motifs is 1. The Kier molecular flexibility index (Phi) is 5.58. The van der Waals surface area contributed by atoms with Crippen LogP contribution in [0.5, 0.6) is 0 Å². The minimum absolute atomic E-state index is 0.129. The third-order valence-corrected chi connectivity index (χ3v) is 9.23. The molecule has 1 aliphatic carbocycles. The molecule has 3 atom stereocenters. The maximum absolute atomic E-state index is 13.3. The number of sulfonamides is 1. The molecular formula is C21H26N2O3S2. The molecule has 7 heteroatoms. The second kappa shape index (κ2) is 7.97. The first-order valence-corrected chi connectivity index (χ1v) is 12.2. The zero-order chi connectivity index (χ0) is 19.7. The first-order chi connectivity index (χ1) is 13.5. The van der Waals surface area contributed by atoms with E-state index in [1.54, 1.807) is 17.5 Å².